The molecular weight excluding hydrogens is 160 g/mol. The van der Waals surface area contributed by atoms with Gasteiger partial charge in [-0.25, -0.2) is 0 Å². The molecule has 1 unspecified atom stereocenters. The van der Waals surface area contributed by atoms with Crippen molar-refractivity contribution in [2.75, 3.05) is 13.6 Å². The van der Waals surface area contributed by atoms with Crippen LogP contribution in [0, 0.1) is 0 Å². The van der Waals surface area contributed by atoms with E-state index in [1.165, 1.54) is 14.0 Å². The zero-order chi connectivity index (χ0) is 9.72. The number of hydrogen-bond acceptors (Lipinski definition) is 4. The molecule has 1 atom stereocenters. The van der Waals surface area contributed by atoms with Gasteiger partial charge in [0, 0.05) is 7.05 Å². The monoisotopic (exact) mass is 172 g/mol. The highest BCUT2D eigenvalue weighted by atomic mass is 16.2. The zero-order valence-electron chi connectivity index (χ0n) is 7.11. The van der Waals surface area contributed by atoms with E-state index in [4.69, 9.17) is 5.73 Å². The number of carbonyl (C=O) groups excluding carboxylic acids is 3. The van der Waals surface area contributed by atoms with Gasteiger partial charge >= 0.3 is 0 Å². The first-order valence-electron chi connectivity index (χ1n) is 3.49. The number of amides is 1. The Morgan fingerprint density at radius 3 is 2.42 bits per heavy atom. The van der Waals surface area contributed by atoms with Gasteiger partial charge in [-0.15, -0.1) is 0 Å². The molecule has 0 heterocycles. The molecule has 1 amide bonds. The Labute approximate surface area is 70.5 Å². The molecule has 0 aliphatic heterocycles. The lowest BCUT2D eigenvalue weighted by Crippen LogP contribution is -2.43. The second-order valence-corrected chi connectivity index (χ2v) is 2.40. The molecule has 0 rings (SSSR count). The second kappa shape index (κ2) is 4.61. The Balaban J connectivity index is 4.27. The molecule has 0 aromatic rings. The minimum atomic E-state index is -0.724. The van der Waals surface area contributed by atoms with E-state index >= 15 is 0 Å². The topological polar surface area (TPSA) is 80.5 Å². The summed E-state index contributed by atoms with van der Waals surface area (Å²) in [7, 11) is 1.43. The molecular formula is C7H12N2O3. The SMILES string of the molecule is CC(C(=O)C=O)N(C)C(=O)CN. The van der Waals surface area contributed by atoms with Crippen LogP contribution in [0.1, 0.15) is 6.92 Å². The summed E-state index contributed by atoms with van der Waals surface area (Å²) < 4.78 is 0. The van der Waals surface area contributed by atoms with Crippen LogP contribution in [0.3, 0.4) is 0 Å². The van der Waals surface area contributed by atoms with E-state index in [1.54, 1.807) is 0 Å². The van der Waals surface area contributed by atoms with Crippen LogP contribution in [-0.2, 0) is 14.4 Å². The summed E-state index contributed by atoms with van der Waals surface area (Å²) in [5.74, 6) is -0.989. The molecule has 0 saturated carbocycles. The molecule has 0 bridgehead atoms. The quantitative estimate of drug-likeness (QED) is 0.416. The largest absolute Gasteiger partial charge is 0.334 e. The normalized spacial score (nSPS) is 11.9. The minimum Gasteiger partial charge on any atom is -0.334 e. The first-order chi connectivity index (χ1) is 5.54. The van der Waals surface area contributed by atoms with Crippen molar-refractivity contribution in [2.45, 2.75) is 13.0 Å². The standard InChI is InChI=1S/C7H12N2O3/c1-5(6(11)4-10)9(2)7(12)3-8/h4-5H,3,8H2,1-2H3. The number of carbonyl (C=O) groups is 3. The zero-order valence-corrected chi connectivity index (χ0v) is 7.11. The number of hydrogen-bond donors (Lipinski definition) is 1. The van der Waals surface area contributed by atoms with Gasteiger partial charge in [-0.1, -0.05) is 0 Å². The van der Waals surface area contributed by atoms with E-state index in [9.17, 15) is 14.4 Å². The average Bonchev–Trinajstić information content (AvgIpc) is 2.12. The van der Waals surface area contributed by atoms with Gasteiger partial charge in [0.2, 0.25) is 11.7 Å². The third kappa shape index (κ3) is 2.43. The predicted molar refractivity (Wildman–Crippen MR) is 42.4 cm³/mol. The minimum absolute atomic E-state index is 0.160. The first-order valence-corrected chi connectivity index (χ1v) is 3.49. The van der Waals surface area contributed by atoms with Crippen molar-refractivity contribution in [1.82, 2.24) is 4.90 Å². The van der Waals surface area contributed by atoms with Crippen LogP contribution in [0.5, 0.6) is 0 Å². The highest BCUT2D eigenvalue weighted by Crippen LogP contribution is 1.95. The van der Waals surface area contributed by atoms with Crippen molar-refractivity contribution < 1.29 is 14.4 Å². The molecule has 0 fully saturated rings. The van der Waals surface area contributed by atoms with Crippen molar-refractivity contribution in [1.29, 1.82) is 0 Å². The molecule has 5 heteroatoms. The maximum absolute atomic E-state index is 10.9. The van der Waals surface area contributed by atoms with Crippen LogP contribution in [0.4, 0.5) is 0 Å². The van der Waals surface area contributed by atoms with Crippen LogP contribution in [0.15, 0.2) is 0 Å². The molecule has 0 radical (unpaired) electrons. The van der Waals surface area contributed by atoms with E-state index in [1.807, 2.05) is 0 Å². The van der Waals surface area contributed by atoms with Gasteiger partial charge in [-0.05, 0) is 6.92 Å². The van der Waals surface area contributed by atoms with Gasteiger partial charge in [0.05, 0.1) is 12.6 Å². The fourth-order valence-corrected chi connectivity index (χ4v) is 0.649. The summed E-state index contributed by atoms with van der Waals surface area (Å²) in [5, 5.41) is 0. The van der Waals surface area contributed by atoms with Gasteiger partial charge in [0.25, 0.3) is 0 Å². The number of likely N-dealkylation sites (N-methyl/N-ethyl adjacent to an activating group) is 1. The van der Waals surface area contributed by atoms with Crippen LogP contribution in [0.25, 0.3) is 0 Å². The second-order valence-electron chi connectivity index (χ2n) is 2.40. The molecule has 0 aliphatic carbocycles. The predicted octanol–water partition coefficient (Wildman–Crippen LogP) is -1.44. The highest BCUT2D eigenvalue weighted by molar-refractivity contribution is 6.27. The lowest BCUT2D eigenvalue weighted by Gasteiger charge is -2.21. The first kappa shape index (κ1) is 10.8. The molecule has 5 nitrogen and oxygen atoms in total. The molecule has 0 aromatic heterocycles. The van der Waals surface area contributed by atoms with Crippen molar-refractivity contribution >= 4 is 18.0 Å². The Bertz CT molecular complexity index is 203. The van der Waals surface area contributed by atoms with Gasteiger partial charge in [-0.2, -0.15) is 0 Å². The lowest BCUT2D eigenvalue weighted by molar-refractivity contribution is -0.139. The van der Waals surface area contributed by atoms with Gasteiger partial charge in [0.1, 0.15) is 0 Å². The number of nitrogens with two attached hydrogens (primary N) is 1. The Hall–Kier alpha value is -1.23. The van der Waals surface area contributed by atoms with E-state index in [0.29, 0.717) is 0 Å². The van der Waals surface area contributed by atoms with Gasteiger partial charge in [-0.3, -0.25) is 14.4 Å². The number of aldehydes is 1. The summed E-state index contributed by atoms with van der Waals surface area (Å²) in [6.45, 7) is 1.32. The molecule has 0 saturated heterocycles. The third-order valence-corrected chi connectivity index (χ3v) is 1.68. The smallest absolute Gasteiger partial charge is 0.236 e. The molecule has 12 heavy (non-hydrogen) atoms. The molecule has 0 aliphatic rings. The van der Waals surface area contributed by atoms with Crippen LogP contribution >= 0.6 is 0 Å². The molecule has 2 N–H and O–H groups in total. The fraction of sp³-hybridized carbons (Fsp3) is 0.571. The van der Waals surface area contributed by atoms with Crippen LogP contribution < -0.4 is 5.73 Å². The summed E-state index contributed by atoms with van der Waals surface area (Å²) in [4.78, 5) is 32.9. The summed E-state index contributed by atoms with van der Waals surface area (Å²) >= 11 is 0. The Morgan fingerprint density at radius 2 is 2.08 bits per heavy atom. The van der Waals surface area contributed by atoms with Gasteiger partial charge < -0.3 is 10.6 Å². The molecule has 0 aromatic carbocycles. The van der Waals surface area contributed by atoms with Gasteiger partial charge in [0.15, 0.2) is 6.29 Å². The molecule has 0 spiro atoms. The number of rotatable bonds is 4. The van der Waals surface area contributed by atoms with E-state index in [-0.39, 0.29) is 18.7 Å². The number of nitrogens with zero attached hydrogens (tertiary/aromatic N) is 1. The third-order valence-electron chi connectivity index (χ3n) is 1.68. The number of Topliss-reactive ketones (excluding diaryl/α,β-unsaturated/α-hetero) is 1. The number of ketones is 1. The Morgan fingerprint density at radius 1 is 1.58 bits per heavy atom. The van der Waals surface area contributed by atoms with Crippen LogP contribution in [-0.4, -0.2) is 42.5 Å². The lowest BCUT2D eigenvalue weighted by atomic mass is 10.2. The summed E-state index contributed by atoms with van der Waals surface area (Å²) in [6.07, 6.45) is 0.199. The highest BCUT2D eigenvalue weighted by Gasteiger charge is 2.20. The maximum atomic E-state index is 10.9. The summed E-state index contributed by atoms with van der Waals surface area (Å²) in [6, 6.07) is -0.724. The Kier molecular flexibility index (Phi) is 4.14. The van der Waals surface area contributed by atoms with Crippen LogP contribution in [0.2, 0.25) is 0 Å². The van der Waals surface area contributed by atoms with E-state index < -0.39 is 11.8 Å². The van der Waals surface area contributed by atoms with E-state index in [0.717, 1.165) is 4.90 Å². The van der Waals surface area contributed by atoms with Crippen molar-refractivity contribution in [3.05, 3.63) is 0 Å². The molecule has 68 valence electrons. The van der Waals surface area contributed by atoms with Crippen molar-refractivity contribution in [2.24, 2.45) is 5.73 Å². The fourth-order valence-electron chi connectivity index (χ4n) is 0.649. The summed E-state index contributed by atoms with van der Waals surface area (Å²) in [5.41, 5.74) is 5.06. The van der Waals surface area contributed by atoms with E-state index in [2.05, 4.69) is 0 Å². The van der Waals surface area contributed by atoms with Crippen molar-refractivity contribution in [3.63, 3.8) is 0 Å². The maximum Gasteiger partial charge on any atom is 0.236 e. The average molecular weight is 172 g/mol. The van der Waals surface area contributed by atoms with Crippen molar-refractivity contribution in [3.8, 4) is 0 Å².